The number of likely N-dealkylation sites (N-methyl/N-ethyl adjacent to an activating group) is 1. The average Bonchev–Trinajstić information content (AvgIpc) is 3.50. The van der Waals surface area contributed by atoms with Gasteiger partial charge in [0.15, 0.2) is 0 Å². The Balaban J connectivity index is 1.78. The number of nitrogens with one attached hydrogen (secondary N) is 2. The monoisotopic (exact) mass is 435 g/mol. The molecule has 2 aromatic rings. The highest BCUT2D eigenvalue weighted by molar-refractivity contribution is 7.89. The predicted octanol–water partition coefficient (Wildman–Crippen LogP) is 2.31. The molecular weight excluding hydrogens is 409 g/mol. The predicted molar refractivity (Wildman–Crippen MR) is 111 cm³/mol. The van der Waals surface area contributed by atoms with Crippen LogP contribution in [0.15, 0.2) is 47.4 Å². The lowest BCUT2D eigenvalue weighted by atomic mass is 10.1. The van der Waals surface area contributed by atoms with Gasteiger partial charge in [0.25, 0.3) is 5.91 Å². The van der Waals surface area contributed by atoms with E-state index in [0.717, 1.165) is 18.4 Å². The van der Waals surface area contributed by atoms with Crippen molar-refractivity contribution in [3.63, 3.8) is 0 Å². The minimum Gasteiger partial charge on any atom is -0.495 e. The summed E-state index contributed by atoms with van der Waals surface area (Å²) in [6.07, 6.45) is 1.60. The third-order valence-electron chi connectivity index (χ3n) is 4.93. The van der Waals surface area contributed by atoms with Gasteiger partial charge in [0.05, 0.1) is 13.2 Å². The highest BCUT2D eigenvalue weighted by Crippen LogP contribution is 2.28. The summed E-state index contributed by atoms with van der Waals surface area (Å²) < 4.78 is 46.7. The van der Waals surface area contributed by atoms with Crippen LogP contribution in [-0.2, 0) is 10.0 Å². The Morgan fingerprint density at radius 2 is 1.97 bits per heavy atom. The highest BCUT2D eigenvalue weighted by Gasteiger charge is 2.30. The standard InChI is InChI=1S/C21H26FN3O4S/c1-25(2)18(14-5-4-6-16(22)11-14)13-23-21(26)15-7-10-19(29-3)20(12-15)30(27,28)24-17-8-9-17/h4-7,10-12,17-18,24H,8-9,13H2,1-3H3,(H,23,26)/t18-/m1/s1. The number of sulfonamides is 1. The second-order valence-electron chi connectivity index (χ2n) is 7.51. The summed E-state index contributed by atoms with van der Waals surface area (Å²) in [6.45, 7) is 0.226. The van der Waals surface area contributed by atoms with Gasteiger partial charge in [-0.3, -0.25) is 4.79 Å². The van der Waals surface area contributed by atoms with Crippen molar-refractivity contribution in [2.45, 2.75) is 29.8 Å². The maximum atomic E-state index is 13.6. The summed E-state index contributed by atoms with van der Waals surface area (Å²) in [5.74, 6) is -0.603. The third-order valence-corrected chi connectivity index (χ3v) is 6.47. The molecule has 0 saturated heterocycles. The van der Waals surface area contributed by atoms with Crippen LogP contribution in [0.25, 0.3) is 0 Å². The van der Waals surface area contributed by atoms with Crippen LogP contribution in [0.4, 0.5) is 4.39 Å². The molecule has 0 spiro atoms. The Bertz CT molecular complexity index is 1020. The van der Waals surface area contributed by atoms with E-state index in [1.54, 1.807) is 12.1 Å². The Morgan fingerprint density at radius 1 is 1.23 bits per heavy atom. The number of halogens is 1. The third kappa shape index (κ3) is 5.35. The lowest BCUT2D eigenvalue weighted by Gasteiger charge is -2.25. The molecule has 9 heteroatoms. The van der Waals surface area contributed by atoms with E-state index in [9.17, 15) is 17.6 Å². The van der Waals surface area contributed by atoms with Crippen molar-refractivity contribution >= 4 is 15.9 Å². The number of hydrogen-bond donors (Lipinski definition) is 2. The molecule has 3 rings (SSSR count). The zero-order chi connectivity index (χ0) is 21.9. The number of benzene rings is 2. The SMILES string of the molecule is COc1ccc(C(=O)NC[C@H](c2cccc(F)c2)N(C)C)cc1S(=O)(=O)NC1CC1. The fourth-order valence-corrected chi connectivity index (χ4v) is 4.62. The molecule has 7 nitrogen and oxygen atoms in total. The van der Waals surface area contributed by atoms with Crippen LogP contribution in [0.5, 0.6) is 5.75 Å². The summed E-state index contributed by atoms with van der Waals surface area (Å²) in [7, 11) is 1.26. The quantitative estimate of drug-likeness (QED) is 0.631. The number of hydrogen-bond acceptors (Lipinski definition) is 5. The minimum absolute atomic E-state index is 0.0655. The number of amides is 1. The second-order valence-corrected chi connectivity index (χ2v) is 9.19. The van der Waals surface area contributed by atoms with E-state index in [1.807, 2.05) is 19.0 Å². The number of methoxy groups -OCH3 is 1. The zero-order valence-electron chi connectivity index (χ0n) is 17.2. The van der Waals surface area contributed by atoms with Gasteiger partial charge in [-0.25, -0.2) is 17.5 Å². The minimum atomic E-state index is -3.79. The van der Waals surface area contributed by atoms with Gasteiger partial charge in [-0.15, -0.1) is 0 Å². The topological polar surface area (TPSA) is 87.7 Å². The molecule has 1 aliphatic rings. The van der Waals surface area contributed by atoms with Crippen LogP contribution in [0.1, 0.15) is 34.8 Å². The summed E-state index contributed by atoms with van der Waals surface area (Å²) >= 11 is 0. The Labute approximate surface area is 176 Å². The fourth-order valence-electron chi connectivity index (χ4n) is 3.12. The van der Waals surface area contributed by atoms with Gasteiger partial charge in [-0.2, -0.15) is 0 Å². The molecule has 0 aromatic heterocycles. The smallest absolute Gasteiger partial charge is 0.251 e. The van der Waals surface area contributed by atoms with Crippen molar-refractivity contribution in [1.29, 1.82) is 0 Å². The van der Waals surface area contributed by atoms with Crippen molar-refractivity contribution in [1.82, 2.24) is 14.9 Å². The molecule has 1 atom stereocenters. The number of rotatable bonds is 9. The van der Waals surface area contributed by atoms with Crippen LogP contribution in [-0.4, -0.2) is 53.0 Å². The van der Waals surface area contributed by atoms with Crippen molar-refractivity contribution < 1.29 is 22.3 Å². The first-order valence-corrected chi connectivity index (χ1v) is 11.1. The molecule has 0 bridgehead atoms. The highest BCUT2D eigenvalue weighted by atomic mass is 32.2. The molecule has 1 aliphatic carbocycles. The van der Waals surface area contributed by atoms with Crippen molar-refractivity contribution in [2.75, 3.05) is 27.7 Å². The number of carbonyl (C=O) groups excluding carboxylic acids is 1. The zero-order valence-corrected chi connectivity index (χ0v) is 18.0. The van der Waals surface area contributed by atoms with E-state index in [2.05, 4.69) is 10.0 Å². The molecule has 2 aromatic carbocycles. The van der Waals surface area contributed by atoms with E-state index in [1.165, 1.54) is 37.4 Å². The van der Waals surface area contributed by atoms with Gasteiger partial charge >= 0.3 is 0 Å². The average molecular weight is 436 g/mol. The lowest BCUT2D eigenvalue weighted by Crippen LogP contribution is -2.34. The van der Waals surface area contributed by atoms with E-state index >= 15 is 0 Å². The first-order valence-electron chi connectivity index (χ1n) is 9.61. The van der Waals surface area contributed by atoms with Gasteiger partial charge in [-0.05, 0) is 62.8 Å². The Morgan fingerprint density at radius 3 is 2.57 bits per heavy atom. The molecule has 1 saturated carbocycles. The van der Waals surface area contributed by atoms with Crippen LogP contribution in [0, 0.1) is 5.82 Å². The van der Waals surface area contributed by atoms with E-state index < -0.39 is 15.9 Å². The van der Waals surface area contributed by atoms with E-state index in [-0.39, 0.29) is 40.7 Å². The van der Waals surface area contributed by atoms with Gasteiger partial charge in [0.1, 0.15) is 16.5 Å². The van der Waals surface area contributed by atoms with Crippen LogP contribution in [0.2, 0.25) is 0 Å². The second kappa shape index (κ2) is 9.11. The van der Waals surface area contributed by atoms with Crippen LogP contribution in [0.3, 0.4) is 0 Å². The Kier molecular flexibility index (Phi) is 6.74. The maximum absolute atomic E-state index is 13.6. The molecule has 162 valence electrons. The molecule has 0 heterocycles. The van der Waals surface area contributed by atoms with Gasteiger partial charge in [0.2, 0.25) is 10.0 Å². The fraction of sp³-hybridized carbons (Fsp3) is 0.381. The molecule has 1 fully saturated rings. The van der Waals surface area contributed by atoms with E-state index in [0.29, 0.717) is 0 Å². The summed E-state index contributed by atoms with van der Waals surface area (Å²) in [4.78, 5) is 14.5. The van der Waals surface area contributed by atoms with Crippen LogP contribution >= 0.6 is 0 Å². The van der Waals surface area contributed by atoms with Crippen molar-refractivity contribution in [3.8, 4) is 5.75 Å². The first-order chi connectivity index (χ1) is 14.2. The summed E-state index contributed by atoms with van der Waals surface area (Å²) in [5, 5.41) is 2.81. The van der Waals surface area contributed by atoms with Crippen LogP contribution < -0.4 is 14.8 Å². The summed E-state index contributed by atoms with van der Waals surface area (Å²) in [5.41, 5.74) is 0.927. The normalized spacial score (nSPS) is 15.1. The number of ether oxygens (including phenoxy) is 1. The Hall–Kier alpha value is -2.49. The van der Waals surface area contributed by atoms with Gasteiger partial charge in [-0.1, -0.05) is 12.1 Å². The molecule has 0 unspecified atom stereocenters. The number of carbonyl (C=O) groups is 1. The first kappa shape index (κ1) is 22.2. The van der Waals surface area contributed by atoms with Crippen molar-refractivity contribution in [2.24, 2.45) is 0 Å². The molecule has 0 aliphatic heterocycles. The maximum Gasteiger partial charge on any atom is 0.251 e. The molecule has 1 amide bonds. The molecule has 2 N–H and O–H groups in total. The summed E-state index contributed by atoms with van der Waals surface area (Å²) in [6, 6.07) is 10.2. The van der Waals surface area contributed by atoms with Crippen molar-refractivity contribution in [3.05, 3.63) is 59.4 Å². The van der Waals surface area contributed by atoms with Gasteiger partial charge < -0.3 is 15.0 Å². The molecular formula is C21H26FN3O4S. The molecule has 30 heavy (non-hydrogen) atoms. The molecule has 0 radical (unpaired) electrons. The lowest BCUT2D eigenvalue weighted by molar-refractivity contribution is 0.0941. The number of nitrogens with zero attached hydrogens (tertiary/aromatic N) is 1. The largest absolute Gasteiger partial charge is 0.495 e. The van der Waals surface area contributed by atoms with Gasteiger partial charge in [0, 0.05) is 18.2 Å². The van der Waals surface area contributed by atoms with E-state index in [4.69, 9.17) is 4.74 Å².